The van der Waals surface area contributed by atoms with Crippen LogP contribution in [0.15, 0.2) is 24.4 Å². The van der Waals surface area contributed by atoms with Crippen LogP contribution in [0.4, 0.5) is 0 Å². The average Bonchev–Trinajstić information content (AvgIpc) is 2.40. The van der Waals surface area contributed by atoms with Gasteiger partial charge in [0.15, 0.2) is 0 Å². The van der Waals surface area contributed by atoms with E-state index in [4.69, 9.17) is 4.74 Å². The van der Waals surface area contributed by atoms with E-state index in [-0.39, 0.29) is 18.0 Å². The Morgan fingerprint density at radius 1 is 1.35 bits per heavy atom. The first-order valence-electron chi connectivity index (χ1n) is 6.39. The number of esters is 1. The van der Waals surface area contributed by atoms with Crippen molar-refractivity contribution in [2.45, 2.75) is 51.0 Å². The van der Waals surface area contributed by atoms with Gasteiger partial charge in [-0.2, -0.15) is 0 Å². The fourth-order valence-electron chi connectivity index (χ4n) is 2.20. The monoisotopic (exact) mass is 233 g/mol. The summed E-state index contributed by atoms with van der Waals surface area (Å²) in [5.74, 6) is -0.409. The van der Waals surface area contributed by atoms with Gasteiger partial charge in [-0.25, -0.2) is 0 Å². The molecule has 2 rings (SSSR count). The standard InChI is InChI=1S/C14H19NO2/c1-11(13-9-5-6-10-15-13)14(16)17-12-7-3-2-4-8-12/h5-6,9-12H,2-4,7-8H2,1H3. The minimum atomic E-state index is -0.266. The fraction of sp³-hybridized carbons (Fsp3) is 0.571. The van der Waals surface area contributed by atoms with Gasteiger partial charge in [0.2, 0.25) is 0 Å². The average molecular weight is 233 g/mol. The maximum atomic E-state index is 11.9. The van der Waals surface area contributed by atoms with Crippen LogP contribution in [-0.4, -0.2) is 17.1 Å². The van der Waals surface area contributed by atoms with Gasteiger partial charge in [0.1, 0.15) is 6.10 Å². The van der Waals surface area contributed by atoms with Gasteiger partial charge in [-0.15, -0.1) is 0 Å². The summed E-state index contributed by atoms with van der Waals surface area (Å²) in [5.41, 5.74) is 0.785. The highest BCUT2D eigenvalue weighted by atomic mass is 16.5. The van der Waals surface area contributed by atoms with Crippen molar-refractivity contribution in [2.75, 3.05) is 0 Å². The molecular weight excluding hydrogens is 214 g/mol. The smallest absolute Gasteiger partial charge is 0.315 e. The highest BCUT2D eigenvalue weighted by Gasteiger charge is 2.23. The Bertz CT molecular complexity index is 358. The number of aromatic nitrogens is 1. The van der Waals surface area contributed by atoms with E-state index in [2.05, 4.69) is 4.98 Å². The Balaban J connectivity index is 1.91. The molecule has 1 atom stereocenters. The summed E-state index contributed by atoms with van der Waals surface area (Å²) in [7, 11) is 0. The summed E-state index contributed by atoms with van der Waals surface area (Å²) in [6.45, 7) is 1.85. The van der Waals surface area contributed by atoms with Gasteiger partial charge < -0.3 is 4.74 Å². The van der Waals surface area contributed by atoms with E-state index in [1.165, 1.54) is 19.3 Å². The molecule has 0 spiro atoms. The Morgan fingerprint density at radius 2 is 2.12 bits per heavy atom. The third kappa shape index (κ3) is 3.29. The quantitative estimate of drug-likeness (QED) is 0.753. The fourth-order valence-corrected chi connectivity index (χ4v) is 2.20. The molecule has 0 saturated heterocycles. The molecule has 0 N–H and O–H groups in total. The van der Waals surface area contributed by atoms with Crippen molar-refractivity contribution in [2.24, 2.45) is 0 Å². The van der Waals surface area contributed by atoms with Crippen molar-refractivity contribution < 1.29 is 9.53 Å². The van der Waals surface area contributed by atoms with Crippen molar-refractivity contribution in [3.63, 3.8) is 0 Å². The second-order valence-electron chi connectivity index (χ2n) is 4.67. The molecule has 0 radical (unpaired) electrons. The molecule has 1 aromatic rings. The summed E-state index contributed by atoms with van der Waals surface area (Å²) in [4.78, 5) is 16.1. The van der Waals surface area contributed by atoms with Gasteiger partial charge in [-0.3, -0.25) is 9.78 Å². The molecular formula is C14H19NO2. The van der Waals surface area contributed by atoms with Crippen LogP contribution in [0.2, 0.25) is 0 Å². The first-order chi connectivity index (χ1) is 8.27. The van der Waals surface area contributed by atoms with Crippen molar-refractivity contribution in [3.8, 4) is 0 Å². The van der Waals surface area contributed by atoms with Gasteiger partial charge in [0, 0.05) is 6.20 Å². The van der Waals surface area contributed by atoms with Gasteiger partial charge in [0.05, 0.1) is 11.6 Å². The lowest BCUT2D eigenvalue weighted by Gasteiger charge is -2.23. The third-order valence-electron chi connectivity index (χ3n) is 3.32. The normalized spacial score (nSPS) is 18.6. The van der Waals surface area contributed by atoms with E-state index in [0.717, 1.165) is 18.5 Å². The molecule has 1 aliphatic rings. The summed E-state index contributed by atoms with van der Waals surface area (Å²) in [6, 6.07) is 5.61. The van der Waals surface area contributed by atoms with E-state index < -0.39 is 0 Å². The zero-order valence-electron chi connectivity index (χ0n) is 10.3. The van der Waals surface area contributed by atoms with Crippen molar-refractivity contribution >= 4 is 5.97 Å². The predicted octanol–water partition coefficient (Wildman–Crippen LogP) is 3.06. The Labute approximate surface area is 102 Å². The number of rotatable bonds is 3. The van der Waals surface area contributed by atoms with Crippen molar-refractivity contribution in [1.82, 2.24) is 4.98 Å². The van der Waals surface area contributed by atoms with Crippen LogP contribution in [-0.2, 0) is 9.53 Å². The molecule has 1 aliphatic carbocycles. The largest absolute Gasteiger partial charge is 0.462 e. The molecule has 1 fully saturated rings. The van der Waals surface area contributed by atoms with Crippen LogP contribution >= 0.6 is 0 Å². The zero-order chi connectivity index (χ0) is 12.1. The van der Waals surface area contributed by atoms with E-state index in [0.29, 0.717) is 0 Å². The SMILES string of the molecule is CC(C(=O)OC1CCCCC1)c1ccccn1. The molecule has 17 heavy (non-hydrogen) atoms. The summed E-state index contributed by atoms with van der Waals surface area (Å²) >= 11 is 0. The second-order valence-corrected chi connectivity index (χ2v) is 4.67. The molecule has 92 valence electrons. The maximum absolute atomic E-state index is 11.9. The van der Waals surface area contributed by atoms with E-state index in [9.17, 15) is 4.79 Å². The van der Waals surface area contributed by atoms with Crippen LogP contribution < -0.4 is 0 Å². The summed E-state index contributed by atoms with van der Waals surface area (Å²) in [6.07, 6.45) is 7.49. The molecule has 3 nitrogen and oxygen atoms in total. The van der Waals surface area contributed by atoms with Crippen LogP contribution in [0.25, 0.3) is 0 Å². The predicted molar refractivity (Wildman–Crippen MR) is 65.6 cm³/mol. The Morgan fingerprint density at radius 3 is 2.76 bits per heavy atom. The molecule has 1 aromatic heterocycles. The number of hydrogen-bond acceptors (Lipinski definition) is 3. The summed E-state index contributed by atoms with van der Waals surface area (Å²) < 4.78 is 5.53. The number of ether oxygens (including phenoxy) is 1. The highest BCUT2D eigenvalue weighted by molar-refractivity contribution is 5.77. The molecule has 0 aliphatic heterocycles. The molecule has 0 amide bonds. The van der Waals surface area contributed by atoms with Crippen LogP contribution in [0, 0.1) is 0 Å². The third-order valence-corrected chi connectivity index (χ3v) is 3.32. The number of hydrogen-bond donors (Lipinski definition) is 0. The molecule has 1 unspecified atom stereocenters. The second kappa shape index (κ2) is 5.80. The minimum absolute atomic E-state index is 0.127. The van der Waals surface area contributed by atoms with E-state index in [1.54, 1.807) is 6.20 Å². The van der Waals surface area contributed by atoms with Gasteiger partial charge >= 0.3 is 5.97 Å². The maximum Gasteiger partial charge on any atom is 0.315 e. The van der Waals surface area contributed by atoms with E-state index >= 15 is 0 Å². The lowest BCUT2D eigenvalue weighted by molar-refractivity contribution is -0.152. The number of carbonyl (C=O) groups excluding carboxylic acids is 1. The van der Waals surface area contributed by atoms with Crippen molar-refractivity contribution in [3.05, 3.63) is 30.1 Å². The molecule has 0 aromatic carbocycles. The highest BCUT2D eigenvalue weighted by Crippen LogP contribution is 2.23. The molecule has 1 saturated carbocycles. The lowest BCUT2D eigenvalue weighted by Crippen LogP contribution is -2.24. The van der Waals surface area contributed by atoms with Crippen LogP contribution in [0.3, 0.4) is 0 Å². The number of nitrogens with zero attached hydrogens (tertiary/aromatic N) is 1. The Kier molecular flexibility index (Phi) is 4.13. The van der Waals surface area contributed by atoms with Crippen LogP contribution in [0.5, 0.6) is 0 Å². The van der Waals surface area contributed by atoms with Crippen molar-refractivity contribution in [1.29, 1.82) is 0 Å². The number of carbonyl (C=O) groups is 1. The minimum Gasteiger partial charge on any atom is -0.462 e. The van der Waals surface area contributed by atoms with Crippen LogP contribution in [0.1, 0.15) is 50.6 Å². The molecule has 1 heterocycles. The Hall–Kier alpha value is -1.38. The molecule has 3 heteroatoms. The first kappa shape index (κ1) is 12.1. The van der Waals surface area contributed by atoms with E-state index in [1.807, 2.05) is 25.1 Å². The lowest BCUT2D eigenvalue weighted by atomic mass is 9.97. The van der Waals surface area contributed by atoms with Gasteiger partial charge in [-0.1, -0.05) is 12.5 Å². The van der Waals surface area contributed by atoms with Gasteiger partial charge in [0.25, 0.3) is 0 Å². The summed E-state index contributed by atoms with van der Waals surface area (Å²) in [5, 5.41) is 0. The zero-order valence-corrected chi connectivity index (χ0v) is 10.3. The topological polar surface area (TPSA) is 39.2 Å². The number of pyridine rings is 1. The first-order valence-corrected chi connectivity index (χ1v) is 6.39. The molecule has 0 bridgehead atoms. The van der Waals surface area contributed by atoms with Gasteiger partial charge in [-0.05, 0) is 44.7 Å².